The summed E-state index contributed by atoms with van der Waals surface area (Å²) < 4.78 is 5.11. The number of aromatic nitrogens is 2. The number of amides is 1. The minimum absolute atomic E-state index is 0.206. The molecule has 0 aliphatic carbocycles. The van der Waals surface area contributed by atoms with Crippen molar-refractivity contribution in [1.29, 1.82) is 0 Å². The zero-order valence-corrected chi connectivity index (χ0v) is 13.4. The van der Waals surface area contributed by atoms with E-state index in [1.165, 1.54) is 6.33 Å². The molecule has 0 unspecified atom stereocenters. The maximum atomic E-state index is 11.4. The van der Waals surface area contributed by atoms with Gasteiger partial charge in [-0.3, -0.25) is 0 Å². The Morgan fingerprint density at radius 3 is 2.86 bits per heavy atom. The van der Waals surface area contributed by atoms with Crippen molar-refractivity contribution in [1.82, 2.24) is 15.3 Å². The van der Waals surface area contributed by atoms with Gasteiger partial charge in [-0.05, 0) is 39.0 Å². The van der Waals surface area contributed by atoms with Gasteiger partial charge < -0.3 is 10.1 Å². The van der Waals surface area contributed by atoms with Crippen LogP contribution >= 0.6 is 11.6 Å². The Hall–Kier alpha value is -2.32. The Morgan fingerprint density at radius 2 is 2.14 bits per heavy atom. The van der Waals surface area contributed by atoms with Gasteiger partial charge in [0.25, 0.3) is 0 Å². The summed E-state index contributed by atoms with van der Waals surface area (Å²) in [6.07, 6.45) is 0.922. The molecule has 1 N–H and O–H groups in total. The maximum absolute atomic E-state index is 11.4. The summed E-state index contributed by atoms with van der Waals surface area (Å²) in [6.45, 7) is 5.62. The number of nitrogens with zero attached hydrogens (tertiary/aromatic N) is 2. The second kappa shape index (κ2) is 6.63. The van der Waals surface area contributed by atoms with Crippen molar-refractivity contribution in [3.63, 3.8) is 0 Å². The predicted octanol–water partition coefficient (Wildman–Crippen LogP) is 3.16. The van der Waals surface area contributed by atoms with E-state index in [9.17, 15) is 4.79 Å². The van der Waals surface area contributed by atoms with E-state index in [1.807, 2.05) is 18.2 Å². The van der Waals surface area contributed by atoms with E-state index in [0.717, 1.165) is 16.5 Å². The molecule has 22 heavy (non-hydrogen) atoms. The highest BCUT2D eigenvalue weighted by atomic mass is 35.5. The minimum atomic E-state index is -0.519. The number of nitrogens with one attached hydrogen (secondary N) is 1. The van der Waals surface area contributed by atoms with Gasteiger partial charge in [0.15, 0.2) is 0 Å². The molecule has 2 aromatic rings. The molecule has 1 heterocycles. The van der Waals surface area contributed by atoms with Crippen LogP contribution in [0.5, 0.6) is 0 Å². The number of fused-ring (bicyclic) bond motifs is 1. The van der Waals surface area contributed by atoms with Gasteiger partial charge in [0, 0.05) is 10.9 Å². The average molecular weight is 318 g/mol. The highest BCUT2D eigenvalue weighted by Crippen LogP contribution is 2.19. The number of alkyl carbamates (subject to hydrolysis) is 1. The number of halogens is 1. The summed E-state index contributed by atoms with van der Waals surface area (Å²) in [7, 11) is 0. The first kappa shape index (κ1) is 16.1. The molecule has 5 nitrogen and oxygen atoms in total. The molecular formula is C16H16ClN3O2. The number of benzene rings is 1. The van der Waals surface area contributed by atoms with Gasteiger partial charge in [-0.1, -0.05) is 23.4 Å². The Kier molecular flexibility index (Phi) is 4.84. The van der Waals surface area contributed by atoms with E-state index in [1.54, 1.807) is 20.8 Å². The molecule has 0 fully saturated rings. The minimum Gasteiger partial charge on any atom is -0.444 e. The predicted molar refractivity (Wildman–Crippen MR) is 85.7 cm³/mol. The van der Waals surface area contributed by atoms with Crippen molar-refractivity contribution in [3.05, 3.63) is 35.2 Å². The Balaban J connectivity index is 1.99. The molecule has 0 radical (unpaired) electrons. The lowest BCUT2D eigenvalue weighted by atomic mass is 10.1. The Morgan fingerprint density at radius 1 is 1.36 bits per heavy atom. The molecular weight excluding hydrogens is 302 g/mol. The van der Waals surface area contributed by atoms with E-state index >= 15 is 0 Å². The van der Waals surface area contributed by atoms with E-state index in [4.69, 9.17) is 16.3 Å². The van der Waals surface area contributed by atoms with Crippen molar-refractivity contribution in [2.45, 2.75) is 26.4 Å². The molecule has 0 aliphatic heterocycles. The van der Waals surface area contributed by atoms with E-state index in [-0.39, 0.29) is 6.54 Å². The summed E-state index contributed by atoms with van der Waals surface area (Å²) in [5.74, 6) is 5.81. The second-order valence-corrected chi connectivity index (χ2v) is 5.91. The number of hydrogen-bond donors (Lipinski definition) is 1. The quantitative estimate of drug-likeness (QED) is 0.648. The van der Waals surface area contributed by atoms with Crippen LogP contribution in [0, 0.1) is 11.8 Å². The molecule has 0 spiro atoms. The van der Waals surface area contributed by atoms with Crippen molar-refractivity contribution < 1.29 is 9.53 Å². The number of carbonyl (C=O) groups excluding carboxylic acids is 1. The fourth-order valence-corrected chi connectivity index (χ4v) is 1.88. The van der Waals surface area contributed by atoms with Crippen LogP contribution in [-0.2, 0) is 4.74 Å². The highest BCUT2D eigenvalue weighted by Gasteiger charge is 2.14. The summed E-state index contributed by atoms with van der Waals surface area (Å²) in [4.78, 5) is 19.5. The molecule has 0 saturated heterocycles. The maximum Gasteiger partial charge on any atom is 0.408 e. The van der Waals surface area contributed by atoms with Crippen LogP contribution in [0.1, 0.15) is 26.3 Å². The summed E-state index contributed by atoms with van der Waals surface area (Å²) in [5.41, 5.74) is 0.995. The van der Waals surface area contributed by atoms with E-state index in [2.05, 4.69) is 27.1 Å². The van der Waals surface area contributed by atoms with Crippen LogP contribution in [0.25, 0.3) is 10.9 Å². The summed E-state index contributed by atoms with van der Waals surface area (Å²) in [5, 5.41) is 3.77. The topological polar surface area (TPSA) is 64.1 Å². The van der Waals surface area contributed by atoms with Gasteiger partial charge in [-0.15, -0.1) is 0 Å². The molecule has 1 amide bonds. The zero-order valence-electron chi connectivity index (χ0n) is 12.6. The van der Waals surface area contributed by atoms with Crippen LogP contribution in [0.3, 0.4) is 0 Å². The molecule has 1 aromatic carbocycles. The van der Waals surface area contributed by atoms with Crippen LogP contribution in [-0.4, -0.2) is 28.2 Å². The van der Waals surface area contributed by atoms with Crippen LogP contribution in [0.15, 0.2) is 24.5 Å². The highest BCUT2D eigenvalue weighted by molar-refractivity contribution is 6.34. The first-order valence-corrected chi connectivity index (χ1v) is 7.09. The number of carbonyl (C=O) groups is 1. The third kappa shape index (κ3) is 4.61. The largest absolute Gasteiger partial charge is 0.444 e. The Labute approximate surface area is 134 Å². The second-order valence-electron chi connectivity index (χ2n) is 5.55. The number of rotatable bonds is 1. The summed E-state index contributed by atoms with van der Waals surface area (Å²) in [6, 6.07) is 5.48. The smallest absolute Gasteiger partial charge is 0.408 e. The fraction of sp³-hybridized carbons (Fsp3) is 0.312. The van der Waals surface area contributed by atoms with Gasteiger partial charge in [0.05, 0.1) is 12.1 Å². The van der Waals surface area contributed by atoms with Crippen molar-refractivity contribution in [3.8, 4) is 11.8 Å². The normalized spacial score (nSPS) is 10.7. The van der Waals surface area contributed by atoms with Gasteiger partial charge in [-0.25, -0.2) is 14.8 Å². The van der Waals surface area contributed by atoms with Gasteiger partial charge in [0.2, 0.25) is 0 Å². The van der Waals surface area contributed by atoms with Crippen LogP contribution < -0.4 is 5.32 Å². The molecule has 0 atom stereocenters. The van der Waals surface area contributed by atoms with Crippen molar-refractivity contribution in [2.24, 2.45) is 0 Å². The third-order valence-electron chi connectivity index (χ3n) is 2.54. The lowest BCUT2D eigenvalue weighted by molar-refractivity contribution is 0.0535. The van der Waals surface area contributed by atoms with E-state index < -0.39 is 11.7 Å². The molecule has 1 aromatic heterocycles. The first-order valence-electron chi connectivity index (χ1n) is 6.71. The summed E-state index contributed by atoms with van der Waals surface area (Å²) >= 11 is 5.98. The monoisotopic (exact) mass is 317 g/mol. The van der Waals surface area contributed by atoms with Gasteiger partial charge >= 0.3 is 6.09 Å². The van der Waals surface area contributed by atoms with Crippen LogP contribution in [0.2, 0.25) is 5.15 Å². The SMILES string of the molecule is CC(C)(C)OC(=O)NCC#Cc1ccc2c(Cl)ncnc2c1. The van der Waals surface area contributed by atoms with Crippen molar-refractivity contribution in [2.75, 3.05) is 6.54 Å². The standard InChI is InChI=1S/C16H16ClN3O2/c1-16(2,3)22-15(21)18-8-4-5-11-6-7-12-13(9-11)19-10-20-14(12)17/h6-7,9-10H,8H2,1-3H3,(H,18,21). The lowest BCUT2D eigenvalue weighted by Gasteiger charge is -2.18. The van der Waals surface area contributed by atoms with Gasteiger partial charge in [0.1, 0.15) is 17.1 Å². The molecule has 0 aliphatic rings. The Bertz CT molecular complexity index is 757. The average Bonchev–Trinajstić information content (AvgIpc) is 2.42. The van der Waals surface area contributed by atoms with Crippen molar-refractivity contribution >= 4 is 28.6 Å². The van der Waals surface area contributed by atoms with E-state index in [0.29, 0.717) is 5.15 Å². The zero-order chi connectivity index (χ0) is 16.2. The molecule has 0 saturated carbocycles. The molecule has 114 valence electrons. The van der Waals surface area contributed by atoms with Gasteiger partial charge in [-0.2, -0.15) is 0 Å². The first-order chi connectivity index (χ1) is 10.3. The fourth-order valence-electron chi connectivity index (χ4n) is 1.68. The third-order valence-corrected chi connectivity index (χ3v) is 2.84. The van der Waals surface area contributed by atoms with Crippen LogP contribution in [0.4, 0.5) is 4.79 Å². The number of ether oxygens (including phenoxy) is 1. The number of hydrogen-bond acceptors (Lipinski definition) is 4. The molecule has 6 heteroatoms. The molecule has 2 rings (SSSR count). The lowest BCUT2D eigenvalue weighted by Crippen LogP contribution is -2.32. The molecule has 0 bridgehead atoms.